The monoisotopic (exact) mass is 285 g/mol. The summed E-state index contributed by atoms with van der Waals surface area (Å²) < 4.78 is 10.5. The van der Waals surface area contributed by atoms with Gasteiger partial charge < -0.3 is 9.47 Å². The van der Waals surface area contributed by atoms with Gasteiger partial charge in [0.05, 0.1) is 0 Å². The van der Waals surface area contributed by atoms with Crippen LogP contribution in [0.1, 0.15) is 14.5 Å². The van der Waals surface area contributed by atoms with Crippen LogP contribution in [0, 0.1) is 11.3 Å². The van der Waals surface area contributed by atoms with Gasteiger partial charge in [0.1, 0.15) is 33.9 Å². The molecule has 0 aliphatic carbocycles. The summed E-state index contributed by atoms with van der Waals surface area (Å²) in [6, 6.07) is 11.9. The summed E-state index contributed by atoms with van der Waals surface area (Å²) in [5, 5.41) is 8.71. The highest BCUT2D eigenvalue weighted by atomic mass is 32.1. The average Bonchev–Trinajstić information content (AvgIpc) is 2.95. The van der Waals surface area contributed by atoms with E-state index in [0.29, 0.717) is 27.9 Å². The highest BCUT2D eigenvalue weighted by Gasteiger charge is 2.11. The second-order valence-electron chi connectivity index (χ2n) is 3.74. The zero-order chi connectivity index (χ0) is 14.4. The zero-order valence-corrected chi connectivity index (χ0v) is 11.4. The van der Waals surface area contributed by atoms with E-state index in [9.17, 15) is 4.79 Å². The van der Waals surface area contributed by atoms with Crippen molar-refractivity contribution in [1.82, 2.24) is 0 Å². The highest BCUT2D eigenvalue weighted by Crippen LogP contribution is 2.21. The van der Waals surface area contributed by atoms with Gasteiger partial charge in [-0.3, -0.25) is 0 Å². The summed E-state index contributed by atoms with van der Waals surface area (Å²) in [6.07, 6.45) is 1.65. The number of carbonyl (C=O) groups excluding carboxylic acids is 1. The van der Waals surface area contributed by atoms with Crippen LogP contribution in [-0.4, -0.2) is 12.6 Å². The Kier molecular flexibility index (Phi) is 4.53. The number of nitrogens with zero attached hydrogens (tertiary/aromatic N) is 1. The minimum atomic E-state index is -0.476. The lowest BCUT2D eigenvalue weighted by Crippen LogP contribution is -2.06. The van der Waals surface area contributed by atoms with Gasteiger partial charge in [-0.05, 0) is 36.4 Å². The molecule has 5 heteroatoms. The highest BCUT2D eigenvalue weighted by molar-refractivity contribution is 7.14. The molecular weight excluding hydrogens is 274 g/mol. The molecule has 1 aromatic carbocycles. The lowest BCUT2D eigenvalue weighted by Gasteiger charge is -2.05. The van der Waals surface area contributed by atoms with E-state index >= 15 is 0 Å². The number of hydrogen-bond acceptors (Lipinski definition) is 5. The number of hydrogen-bond donors (Lipinski definition) is 0. The lowest BCUT2D eigenvalue weighted by atomic mass is 10.3. The van der Waals surface area contributed by atoms with Gasteiger partial charge in [-0.1, -0.05) is 12.7 Å². The molecule has 0 atom stereocenters. The summed E-state index contributed by atoms with van der Waals surface area (Å²) >= 11 is 1.10. The Balaban J connectivity index is 2.00. The quantitative estimate of drug-likeness (QED) is 0.480. The van der Waals surface area contributed by atoms with Crippen molar-refractivity contribution in [2.75, 3.05) is 6.61 Å². The topological polar surface area (TPSA) is 59.3 Å². The van der Waals surface area contributed by atoms with Crippen LogP contribution in [-0.2, 0) is 0 Å². The molecule has 2 rings (SSSR count). The molecular formula is C15H11NO3S. The Labute approximate surface area is 120 Å². The summed E-state index contributed by atoms with van der Waals surface area (Å²) in [4.78, 5) is 12.7. The van der Waals surface area contributed by atoms with Gasteiger partial charge in [-0.15, -0.1) is 11.3 Å². The van der Waals surface area contributed by atoms with Crippen molar-refractivity contribution < 1.29 is 14.3 Å². The van der Waals surface area contributed by atoms with Crippen molar-refractivity contribution in [3.63, 3.8) is 0 Å². The molecule has 0 radical (unpaired) electrons. The van der Waals surface area contributed by atoms with E-state index in [1.54, 1.807) is 42.5 Å². The first kappa shape index (κ1) is 13.8. The number of nitriles is 1. The molecule has 1 heterocycles. The first-order valence-electron chi connectivity index (χ1n) is 5.79. The van der Waals surface area contributed by atoms with E-state index in [2.05, 4.69) is 6.58 Å². The first-order chi connectivity index (χ1) is 9.72. The Morgan fingerprint density at radius 1 is 1.25 bits per heavy atom. The molecule has 0 fully saturated rings. The minimum Gasteiger partial charge on any atom is -0.490 e. The fourth-order valence-corrected chi connectivity index (χ4v) is 2.10. The van der Waals surface area contributed by atoms with Crippen LogP contribution < -0.4 is 9.47 Å². The number of esters is 1. The standard InChI is InChI=1S/C15H11NO3S/c1-2-9-18-11-3-5-12(6-4-11)19-15(17)14-8-7-13(10-16)20-14/h2-8H,1,9H2. The SMILES string of the molecule is C=CCOc1ccc(OC(=O)c2ccc(C#N)s2)cc1. The van der Waals surface area contributed by atoms with Crippen LogP contribution in [0.25, 0.3) is 0 Å². The maximum Gasteiger partial charge on any atom is 0.353 e. The second-order valence-corrected chi connectivity index (χ2v) is 4.82. The average molecular weight is 285 g/mol. The summed E-state index contributed by atoms with van der Waals surface area (Å²) in [5.74, 6) is 0.622. The van der Waals surface area contributed by atoms with Gasteiger partial charge in [0.25, 0.3) is 0 Å². The van der Waals surface area contributed by atoms with E-state index in [1.165, 1.54) is 0 Å². The third-order valence-electron chi connectivity index (χ3n) is 2.32. The molecule has 0 bridgehead atoms. The first-order valence-corrected chi connectivity index (χ1v) is 6.60. The third-order valence-corrected chi connectivity index (χ3v) is 3.29. The predicted molar refractivity (Wildman–Crippen MR) is 76.1 cm³/mol. The predicted octanol–water partition coefficient (Wildman–Crippen LogP) is 3.40. The van der Waals surface area contributed by atoms with E-state index in [1.807, 2.05) is 6.07 Å². The largest absolute Gasteiger partial charge is 0.490 e. The Hall–Kier alpha value is -2.58. The molecule has 0 spiro atoms. The summed E-state index contributed by atoms with van der Waals surface area (Å²) in [6.45, 7) is 3.98. The molecule has 100 valence electrons. The lowest BCUT2D eigenvalue weighted by molar-refractivity contribution is 0.0739. The van der Waals surface area contributed by atoms with E-state index in [0.717, 1.165) is 11.3 Å². The van der Waals surface area contributed by atoms with E-state index in [-0.39, 0.29) is 0 Å². The number of thiophene rings is 1. The van der Waals surface area contributed by atoms with Gasteiger partial charge in [-0.2, -0.15) is 5.26 Å². The van der Waals surface area contributed by atoms with Crippen molar-refractivity contribution in [1.29, 1.82) is 5.26 Å². The van der Waals surface area contributed by atoms with Gasteiger partial charge in [0.2, 0.25) is 0 Å². The Morgan fingerprint density at radius 3 is 2.55 bits per heavy atom. The third kappa shape index (κ3) is 3.46. The van der Waals surface area contributed by atoms with Crippen molar-refractivity contribution in [3.8, 4) is 17.6 Å². The van der Waals surface area contributed by atoms with Crippen LogP contribution in [0.4, 0.5) is 0 Å². The van der Waals surface area contributed by atoms with Gasteiger partial charge in [0.15, 0.2) is 0 Å². The molecule has 0 unspecified atom stereocenters. The molecule has 0 saturated heterocycles. The van der Waals surface area contributed by atoms with Crippen LogP contribution in [0.15, 0.2) is 49.1 Å². The second kappa shape index (κ2) is 6.55. The molecule has 20 heavy (non-hydrogen) atoms. The Morgan fingerprint density at radius 2 is 1.95 bits per heavy atom. The van der Waals surface area contributed by atoms with E-state index in [4.69, 9.17) is 14.7 Å². The summed E-state index contributed by atoms with van der Waals surface area (Å²) in [7, 11) is 0. The molecule has 0 N–H and O–H groups in total. The molecule has 0 aliphatic heterocycles. The fourth-order valence-electron chi connectivity index (χ4n) is 1.42. The molecule has 1 aromatic heterocycles. The number of benzene rings is 1. The normalized spacial score (nSPS) is 9.55. The Bertz CT molecular complexity index is 653. The van der Waals surface area contributed by atoms with Gasteiger partial charge in [0, 0.05) is 0 Å². The number of rotatable bonds is 5. The van der Waals surface area contributed by atoms with Crippen molar-refractivity contribution in [3.05, 3.63) is 58.8 Å². The maximum absolute atomic E-state index is 11.8. The van der Waals surface area contributed by atoms with Crippen molar-refractivity contribution in [2.24, 2.45) is 0 Å². The van der Waals surface area contributed by atoms with Crippen LogP contribution in [0.3, 0.4) is 0 Å². The molecule has 2 aromatic rings. The summed E-state index contributed by atoms with van der Waals surface area (Å²) in [5.41, 5.74) is 0. The van der Waals surface area contributed by atoms with E-state index < -0.39 is 5.97 Å². The zero-order valence-electron chi connectivity index (χ0n) is 10.5. The fraction of sp³-hybridized carbons (Fsp3) is 0.0667. The van der Waals surface area contributed by atoms with Crippen LogP contribution in [0.2, 0.25) is 0 Å². The number of carbonyl (C=O) groups is 1. The van der Waals surface area contributed by atoms with Crippen molar-refractivity contribution >= 4 is 17.3 Å². The van der Waals surface area contributed by atoms with Gasteiger partial charge in [-0.25, -0.2) is 4.79 Å². The maximum atomic E-state index is 11.8. The molecule has 4 nitrogen and oxygen atoms in total. The molecule has 0 aliphatic rings. The van der Waals surface area contributed by atoms with Crippen LogP contribution >= 0.6 is 11.3 Å². The molecule has 0 saturated carbocycles. The van der Waals surface area contributed by atoms with Gasteiger partial charge >= 0.3 is 5.97 Å². The number of ether oxygens (including phenoxy) is 2. The van der Waals surface area contributed by atoms with Crippen LogP contribution in [0.5, 0.6) is 11.5 Å². The molecule has 0 amide bonds. The minimum absolute atomic E-state index is 0.397. The smallest absolute Gasteiger partial charge is 0.353 e. The van der Waals surface area contributed by atoms with Crippen molar-refractivity contribution in [2.45, 2.75) is 0 Å².